The summed E-state index contributed by atoms with van der Waals surface area (Å²) in [6.07, 6.45) is 1.84. The van der Waals surface area contributed by atoms with Crippen LogP contribution in [-0.4, -0.2) is 20.1 Å². The van der Waals surface area contributed by atoms with Gasteiger partial charge in [-0.3, -0.25) is 14.3 Å². The smallest absolute Gasteiger partial charge is 0.261 e. The Bertz CT molecular complexity index is 916. The zero-order valence-electron chi connectivity index (χ0n) is 13.7. The molecule has 1 aliphatic rings. The Labute approximate surface area is 146 Å². The fourth-order valence-corrected chi connectivity index (χ4v) is 3.41. The van der Waals surface area contributed by atoms with Crippen LogP contribution >= 0.6 is 0 Å². The monoisotopic (exact) mass is 358 g/mol. The molecule has 2 aromatic carbocycles. The molecule has 7 heteroatoms. The summed E-state index contributed by atoms with van der Waals surface area (Å²) in [5.74, 6) is -0.103. The molecule has 0 aliphatic heterocycles. The van der Waals surface area contributed by atoms with Crippen LogP contribution in [0.5, 0.6) is 0 Å². The van der Waals surface area contributed by atoms with Gasteiger partial charge < -0.3 is 5.32 Å². The number of nitrogens with one attached hydrogen (secondary N) is 2. The van der Waals surface area contributed by atoms with E-state index in [0.29, 0.717) is 16.9 Å². The number of benzene rings is 2. The van der Waals surface area contributed by atoms with E-state index in [9.17, 15) is 18.0 Å². The first-order valence-electron chi connectivity index (χ1n) is 7.90. The molecule has 1 amide bonds. The molecule has 0 radical (unpaired) electrons. The molecule has 0 aromatic heterocycles. The van der Waals surface area contributed by atoms with Gasteiger partial charge in [0.25, 0.3) is 10.0 Å². The first-order valence-corrected chi connectivity index (χ1v) is 9.38. The zero-order chi connectivity index (χ0) is 18.0. The number of carbonyl (C=O) groups excluding carboxylic acids is 2. The summed E-state index contributed by atoms with van der Waals surface area (Å²) >= 11 is 0. The van der Waals surface area contributed by atoms with Gasteiger partial charge in [-0.2, -0.15) is 0 Å². The van der Waals surface area contributed by atoms with Crippen LogP contribution in [0.15, 0.2) is 53.4 Å². The fourth-order valence-electron chi connectivity index (χ4n) is 2.31. The van der Waals surface area contributed by atoms with Crippen LogP contribution in [0.4, 0.5) is 11.4 Å². The number of hydrogen-bond acceptors (Lipinski definition) is 4. The molecule has 0 bridgehead atoms. The molecular formula is C18H18N2O4S. The van der Waals surface area contributed by atoms with Crippen LogP contribution in [0.3, 0.4) is 0 Å². The van der Waals surface area contributed by atoms with Gasteiger partial charge >= 0.3 is 0 Å². The first-order chi connectivity index (χ1) is 11.8. The molecule has 1 saturated carbocycles. The fraction of sp³-hybridized carbons (Fsp3) is 0.222. The third kappa shape index (κ3) is 4.24. The average molecular weight is 358 g/mol. The lowest BCUT2D eigenvalue weighted by atomic mass is 10.2. The molecule has 3 rings (SSSR count). The van der Waals surface area contributed by atoms with Gasteiger partial charge in [0, 0.05) is 22.9 Å². The molecule has 25 heavy (non-hydrogen) atoms. The van der Waals surface area contributed by atoms with Crippen LogP contribution in [0.1, 0.15) is 30.1 Å². The quantitative estimate of drug-likeness (QED) is 0.776. The molecule has 0 atom stereocenters. The summed E-state index contributed by atoms with van der Waals surface area (Å²) in [6.45, 7) is 1.38. The minimum Gasteiger partial charge on any atom is -0.326 e. The Morgan fingerprint density at radius 3 is 2.24 bits per heavy atom. The summed E-state index contributed by atoms with van der Waals surface area (Å²) in [5.41, 5.74) is 1.33. The number of ketones is 1. The number of hydrogen-bond donors (Lipinski definition) is 2. The molecule has 6 nitrogen and oxygen atoms in total. The van der Waals surface area contributed by atoms with Gasteiger partial charge in [0.2, 0.25) is 5.91 Å². The largest absolute Gasteiger partial charge is 0.326 e. The molecule has 2 N–H and O–H groups in total. The Kier molecular flexibility index (Phi) is 4.59. The lowest BCUT2D eigenvalue weighted by molar-refractivity contribution is -0.117. The summed E-state index contributed by atoms with van der Waals surface area (Å²) < 4.78 is 27.4. The van der Waals surface area contributed by atoms with Gasteiger partial charge in [-0.1, -0.05) is 12.1 Å². The van der Waals surface area contributed by atoms with Crippen molar-refractivity contribution in [1.29, 1.82) is 0 Å². The predicted molar refractivity (Wildman–Crippen MR) is 95.1 cm³/mol. The molecule has 130 valence electrons. The van der Waals surface area contributed by atoms with Crippen molar-refractivity contribution in [2.45, 2.75) is 24.7 Å². The summed E-state index contributed by atoms with van der Waals surface area (Å²) in [6, 6.07) is 12.3. The standard InChI is InChI=1S/C18H18N2O4S/c1-12(21)14-3-2-4-17(11-14)25(23,24)20-16-9-7-15(8-10-16)19-18(22)13-5-6-13/h2-4,7-11,13,20H,5-6H2,1H3,(H,19,22). The Balaban J connectivity index is 1.73. The highest BCUT2D eigenvalue weighted by Gasteiger charge is 2.29. The van der Waals surface area contributed by atoms with E-state index < -0.39 is 10.0 Å². The lowest BCUT2D eigenvalue weighted by Crippen LogP contribution is -2.14. The van der Waals surface area contributed by atoms with Crippen molar-refractivity contribution >= 4 is 33.1 Å². The number of sulfonamides is 1. The van der Waals surface area contributed by atoms with Gasteiger partial charge in [0.15, 0.2) is 5.78 Å². The maximum absolute atomic E-state index is 12.4. The zero-order valence-corrected chi connectivity index (χ0v) is 14.5. The van der Waals surface area contributed by atoms with Crippen LogP contribution < -0.4 is 10.0 Å². The van der Waals surface area contributed by atoms with E-state index >= 15 is 0 Å². The van der Waals surface area contributed by atoms with Crippen molar-refractivity contribution in [3.8, 4) is 0 Å². The molecule has 0 saturated heterocycles. The van der Waals surface area contributed by atoms with E-state index in [-0.39, 0.29) is 22.5 Å². The van der Waals surface area contributed by atoms with Crippen molar-refractivity contribution in [2.75, 3.05) is 10.0 Å². The van der Waals surface area contributed by atoms with Gasteiger partial charge in [0.05, 0.1) is 4.90 Å². The minimum absolute atomic E-state index is 0.00521. The first kappa shape index (κ1) is 17.2. The van der Waals surface area contributed by atoms with E-state index in [0.717, 1.165) is 12.8 Å². The van der Waals surface area contributed by atoms with Gasteiger partial charge in [-0.25, -0.2) is 8.42 Å². The normalized spacial score (nSPS) is 14.0. The summed E-state index contributed by atoms with van der Waals surface area (Å²) in [4.78, 5) is 23.1. The van der Waals surface area contributed by atoms with Crippen LogP contribution in [0.2, 0.25) is 0 Å². The van der Waals surface area contributed by atoms with E-state index in [2.05, 4.69) is 10.0 Å². The molecular weight excluding hydrogens is 340 g/mol. The average Bonchev–Trinajstić information content (AvgIpc) is 3.41. The van der Waals surface area contributed by atoms with Crippen molar-refractivity contribution in [1.82, 2.24) is 0 Å². The maximum atomic E-state index is 12.4. The lowest BCUT2D eigenvalue weighted by Gasteiger charge is -2.10. The van der Waals surface area contributed by atoms with E-state index in [4.69, 9.17) is 0 Å². The second kappa shape index (κ2) is 6.68. The minimum atomic E-state index is -3.80. The SMILES string of the molecule is CC(=O)c1cccc(S(=O)(=O)Nc2ccc(NC(=O)C3CC3)cc2)c1. The van der Waals surface area contributed by atoms with Gasteiger partial charge in [-0.05, 0) is 56.2 Å². The highest BCUT2D eigenvalue weighted by Crippen LogP contribution is 2.30. The Morgan fingerprint density at radius 1 is 1.00 bits per heavy atom. The van der Waals surface area contributed by atoms with Gasteiger partial charge in [0.1, 0.15) is 0 Å². The Morgan fingerprint density at radius 2 is 1.64 bits per heavy atom. The molecule has 0 unspecified atom stereocenters. The van der Waals surface area contributed by atoms with E-state index in [1.807, 2.05) is 0 Å². The van der Waals surface area contributed by atoms with Crippen molar-refractivity contribution in [3.05, 3.63) is 54.1 Å². The maximum Gasteiger partial charge on any atom is 0.261 e. The molecule has 1 fully saturated rings. The molecule has 0 heterocycles. The molecule has 1 aliphatic carbocycles. The summed E-state index contributed by atoms with van der Waals surface area (Å²) in [7, 11) is -3.80. The van der Waals surface area contributed by atoms with E-state index in [1.54, 1.807) is 30.3 Å². The van der Waals surface area contributed by atoms with Crippen molar-refractivity contribution in [3.63, 3.8) is 0 Å². The molecule has 2 aromatic rings. The second-order valence-corrected chi connectivity index (χ2v) is 7.71. The number of anilines is 2. The molecule has 0 spiro atoms. The number of Topliss-reactive ketones (excluding diaryl/α,β-unsaturated/α-hetero) is 1. The number of amides is 1. The van der Waals surface area contributed by atoms with Gasteiger partial charge in [-0.15, -0.1) is 0 Å². The highest BCUT2D eigenvalue weighted by molar-refractivity contribution is 7.92. The van der Waals surface area contributed by atoms with Crippen LogP contribution in [-0.2, 0) is 14.8 Å². The topological polar surface area (TPSA) is 92.3 Å². The van der Waals surface area contributed by atoms with Crippen molar-refractivity contribution in [2.24, 2.45) is 5.92 Å². The summed E-state index contributed by atoms with van der Waals surface area (Å²) in [5, 5.41) is 2.79. The Hall–Kier alpha value is -2.67. The third-order valence-corrected chi connectivity index (χ3v) is 5.28. The van der Waals surface area contributed by atoms with Crippen LogP contribution in [0.25, 0.3) is 0 Å². The van der Waals surface area contributed by atoms with E-state index in [1.165, 1.54) is 25.1 Å². The predicted octanol–water partition coefficient (Wildman–Crippen LogP) is 3.04. The van der Waals surface area contributed by atoms with Crippen molar-refractivity contribution < 1.29 is 18.0 Å². The number of rotatable bonds is 6. The number of carbonyl (C=O) groups is 2. The third-order valence-electron chi connectivity index (χ3n) is 3.90. The second-order valence-electron chi connectivity index (χ2n) is 6.03. The van der Waals surface area contributed by atoms with Crippen LogP contribution in [0, 0.1) is 5.92 Å². The highest BCUT2D eigenvalue weighted by atomic mass is 32.2.